The molecule has 2 aromatic heterocycles. The first-order valence-electron chi connectivity index (χ1n) is 9.56. The molecule has 0 bridgehead atoms. The lowest BCUT2D eigenvalue weighted by Crippen LogP contribution is -2.33. The molecule has 1 amide bonds. The van der Waals surface area contributed by atoms with E-state index in [0.29, 0.717) is 5.56 Å². The molecule has 7 heteroatoms. The third kappa shape index (κ3) is 4.11. The molecule has 0 aliphatic carbocycles. The van der Waals surface area contributed by atoms with E-state index in [0.717, 1.165) is 16.5 Å². The van der Waals surface area contributed by atoms with E-state index in [-0.39, 0.29) is 23.8 Å². The van der Waals surface area contributed by atoms with Crippen molar-refractivity contribution < 1.29 is 13.2 Å². The first-order chi connectivity index (χ1) is 14.6. The number of fused-ring (bicyclic) bond motifs is 1. The quantitative estimate of drug-likeness (QED) is 0.480. The van der Waals surface area contributed by atoms with Crippen LogP contribution in [-0.4, -0.2) is 30.8 Å². The maximum Gasteiger partial charge on any atom is 0.224 e. The molecule has 152 valence electrons. The molecule has 1 atom stereocenters. The number of hydrogen-bond donors (Lipinski definition) is 2. The molecule has 2 heterocycles. The summed E-state index contributed by atoms with van der Waals surface area (Å²) < 4.78 is 26.5. The molecule has 0 unspecified atom stereocenters. The van der Waals surface area contributed by atoms with Crippen LogP contribution >= 0.6 is 0 Å². The van der Waals surface area contributed by atoms with Crippen molar-refractivity contribution in [3.8, 4) is 0 Å². The Bertz CT molecular complexity index is 1250. The van der Waals surface area contributed by atoms with E-state index in [2.05, 4.69) is 15.3 Å². The molecule has 4 rings (SSSR count). The molecule has 30 heavy (non-hydrogen) atoms. The van der Waals surface area contributed by atoms with E-state index in [1.807, 2.05) is 30.5 Å². The summed E-state index contributed by atoms with van der Waals surface area (Å²) in [5, 5.41) is 2.85. The smallest absolute Gasteiger partial charge is 0.224 e. The second kappa shape index (κ2) is 8.51. The molecule has 0 saturated heterocycles. The largest absolute Gasteiger partial charge is 0.361 e. The number of aromatic nitrogens is 2. The van der Waals surface area contributed by atoms with Crippen LogP contribution in [0.2, 0.25) is 0 Å². The summed E-state index contributed by atoms with van der Waals surface area (Å²) in [6, 6.07) is 19.4. The summed E-state index contributed by atoms with van der Waals surface area (Å²) in [4.78, 5) is 20.0. The van der Waals surface area contributed by atoms with Crippen molar-refractivity contribution in [3.05, 3.63) is 96.4 Å². The number of pyridine rings is 1. The van der Waals surface area contributed by atoms with Gasteiger partial charge in [0, 0.05) is 36.0 Å². The number of hydrogen-bond acceptors (Lipinski definition) is 4. The highest BCUT2D eigenvalue weighted by atomic mass is 32.2. The average molecular weight is 420 g/mol. The zero-order chi connectivity index (χ0) is 21.0. The Kier molecular flexibility index (Phi) is 5.63. The van der Waals surface area contributed by atoms with Crippen LogP contribution in [0.3, 0.4) is 0 Å². The van der Waals surface area contributed by atoms with Gasteiger partial charge in [-0.25, -0.2) is 8.42 Å². The lowest BCUT2D eigenvalue weighted by molar-refractivity contribution is -0.120. The molecule has 0 fully saturated rings. The molecule has 2 N–H and O–H groups in total. The van der Waals surface area contributed by atoms with Gasteiger partial charge >= 0.3 is 0 Å². The Morgan fingerprint density at radius 3 is 2.53 bits per heavy atom. The van der Waals surface area contributed by atoms with E-state index in [1.165, 1.54) is 6.20 Å². The van der Waals surface area contributed by atoms with Gasteiger partial charge in [-0.1, -0.05) is 42.5 Å². The third-order valence-electron chi connectivity index (χ3n) is 5.01. The van der Waals surface area contributed by atoms with Crippen molar-refractivity contribution in [2.75, 3.05) is 6.54 Å². The predicted molar refractivity (Wildman–Crippen MR) is 116 cm³/mol. The number of benzene rings is 2. The number of aromatic amines is 1. The topological polar surface area (TPSA) is 91.9 Å². The minimum Gasteiger partial charge on any atom is -0.361 e. The van der Waals surface area contributed by atoms with Gasteiger partial charge < -0.3 is 10.3 Å². The third-order valence-corrected chi connectivity index (χ3v) is 7.13. The van der Waals surface area contributed by atoms with Crippen LogP contribution in [0.15, 0.2) is 90.2 Å². The summed E-state index contributed by atoms with van der Waals surface area (Å²) in [6.45, 7) is -0.0376. The number of amides is 1. The number of sulfone groups is 1. The Morgan fingerprint density at radius 2 is 1.77 bits per heavy atom. The van der Waals surface area contributed by atoms with Crippen molar-refractivity contribution in [2.24, 2.45) is 0 Å². The monoisotopic (exact) mass is 419 g/mol. The van der Waals surface area contributed by atoms with Crippen molar-refractivity contribution in [2.45, 2.75) is 16.6 Å². The Balaban J connectivity index is 1.54. The molecular formula is C23H21N3O3S. The first-order valence-corrected chi connectivity index (χ1v) is 11.1. The van der Waals surface area contributed by atoms with Crippen LogP contribution in [0.5, 0.6) is 0 Å². The van der Waals surface area contributed by atoms with Gasteiger partial charge in [-0.3, -0.25) is 9.78 Å². The van der Waals surface area contributed by atoms with Crippen molar-refractivity contribution in [1.82, 2.24) is 15.3 Å². The highest BCUT2D eigenvalue weighted by molar-refractivity contribution is 7.91. The van der Waals surface area contributed by atoms with Gasteiger partial charge in [-0.15, -0.1) is 0 Å². The molecule has 0 aliphatic heterocycles. The van der Waals surface area contributed by atoms with Crippen LogP contribution in [0.25, 0.3) is 10.9 Å². The molecule has 4 aromatic rings. The van der Waals surface area contributed by atoms with Gasteiger partial charge in [-0.05, 0) is 35.4 Å². The zero-order valence-corrected chi connectivity index (χ0v) is 17.0. The van der Waals surface area contributed by atoms with E-state index in [1.54, 1.807) is 48.7 Å². The summed E-state index contributed by atoms with van der Waals surface area (Å²) in [6.07, 6.45) is 5.08. The van der Waals surface area contributed by atoms with E-state index in [9.17, 15) is 13.2 Å². The molecule has 2 aromatic carbocycles. The number of carbonyl (C=O) groups is 1. The fourth-order valence-electron chi connectivity index (χ4n) is 3.47. The van der Waals surface area contributed by atoms with Gasteiger partial charge in [0.2, 0.25) is 5.91 Å². The fourth-order valence-corrected chi connectivity index (χ4v) is 5.13. The van der Waals surface area contributed by atoms with Crippen molar-refractivity contribution in [1.29, 1.82) is 0 Å². The Hall–Kier alpha value is -3.45. The summed E-state index contributed by atoms with van der Waals surface area (Å²) in [7, 11) is -3.71. The van der Waals surface area contributed by atoms with Gasteiger partial charge in [0.1, 0.15) is 5.25 Å². The molecule has 0 radical (unpaired) electrons. The lowest BCUT2D eigenvalue weighted by Gasteiger charge is -2.18. The van der Waals surface area contributed by atoms with Crippen LogP contribution in [0.1, 0.15) is 16.4 Å². The van der Waals surface area contributed by atoms with Crippen LogP contribution in [0.4, 0.5) is 0 Å². The minimum absolute atomic E-state index is 0.0376. The van der Waals surface area contributed by atoms with Gasteiger partial charge in [0.05, 0.1) is 11.3 Å². The predicted octanol–water partition coefficient (Wildman–Crippen LogP) is 3.44. The fraction of sp³-hybridized carbons (Fsp3) is 0.130. The Morgan fingerprint density at radius 1 is 1.00 bits per heavy atom. The lowest BCUT2D eigenvalue weighted by atomic mass is 10.1. The number of carbonyl (C=O) groups excluding carboxylic acids is 1. The molecule has 0 saturated carbocycles. The second-order valence-electron chi connectivity index (χ2n) is 6.97. The molecule has 6 nitrogen and oxygen atoms in total. The van der Waals surface area contributed by atoms with Crippen LogP contribution in [0, 0.1) is 0 Å². The summed E-state index contributed by atoms with van der Waals surface area (Å²) in [5.41, 5.74) is 2.36. The number of H-pyrrole nitrogens is 1. The normalized spacial score (nSPS) is 12.5. The first kappa shape index (κ1) is 19.8. The average Bonchev–Trinajstić information content (AvgIpc) is 3.18. The van der Waals surface area contributed by atoms with Crippen LogP contribution in [-0.2, 0) is 21.1 Å². The van der Waals surface area contributed by atoms with Gasteiger partial charge in [0.25, 0.3) is 0 Å². The van der Waals surface area contributed by atoms with Gasteiger partial charge in [0.15, 0.2) is 9.84 Å². The number of rotatable bonds is 7. The highest BCUT2D eigenvalue weighted by Crippen LogP contribution is 2.28. The minimum atomic E-state index is -3.71. The maximum atomic E-state index is 13.3. The maximum absolute atomic E-state index is 13.3. The zero-order valence-electron chi connectivity index (χ0n) is 16.2. The highest BCUT2D eigenvalue weighted by Gasteiger charge is 2.29. The molecule has 0 aliphatic rings. The number of para-hydroxylation sites is 1. The van der Waals surface area contributed by atoms with Crippen molar-refractivity contribution >= 4 is 26.6 Å². The molecule has 0 spiro atoms. The van der Waals surface area contributed by atoms with Gasteiger partial charge in [-0.2, -0.15) is 0 Å². The second-order valence-corrected chi connectivity index (χ2v) is 9.10. The number of nitrogens with one attached hydrogen (secondary N) is 2. The van der Waals surface area contributed by atoms with E-state index in [4.69, 9.17) is 0 Å². The Labute approximate surface area is 174 Å². The van der Waals surface area contributed by atoms with Crippen molar-refractivity contribution in [3.63, 3.8) is 0 Å². The SMILES string of the molecule is O=C(Cc1c[nH]c2ccccc12)NC[C@H](c1cccnc1)S(=O)(=O)c1ccccc1. The van der Waals surface area contributed by atoms with E-state index < -0.39 is 15.1 Å². The van der Waals surface area contributed by atoms with E-state index >= 15 is 0 Å². The number of nitrogens with zero attached hydrogens (tertiary/aromatic N) is 1. The summed E-state index contributed by atoms with van der Waals surface area (Å²) in [5.74, 6) is -0.239. The standard InChI is InChI=1S/C23H21N3O3S/c27-23(13-18-15-25-21-11-5-4-10-20(18)21)26-16-22(17-7-6-12-24-14-17)30(28,29)19-8-2-1-3-9-19/h1-12,14-15,22,25H,13,16H2,(H,26,27)/t22-/m1/s1. The van der Waals surface area contributed by atoms with Crippen LogP contribution < -0.4 is 5.32 Å². The summed E-state index contributed by atoms with van der Waals surface area (Å²) >= 11 is 0. The molecular weight excluding hydrogens is 398 g/mol.